The second-order valence-corrected chi connectivity index (χ2v) is 5.47. The maximum absolute atomic E-state index is 13.9. The lowest BCUT2D eigenvalue weighted by atomic mass is 9.94. The highest BCUT2D eigenvalue weighted by Gasteiger charge is 2.32. The Balaban J connectivity index is 1.73. The molecule has 2 atom stereocenters. The van der Waals surface area contributed by atoms with Gasteiger partial charge in [0.2, 0.25) is 0 Å². The van der Waals surface area contributed by atoms with Crippen LogP contribution in [-0.2, 0) is 6.54 Å². The third-order valence-corrected chi connectivity index (χ3v) is 3.99. The van der Waals surface area contributed by atoms with Gasteiger partial charge in [0.15, 0.2) is 0 Å². The predicted molar refractivity (Wildman–Crippen MR) is 78.8 cm³/mol. The summed E-state index contributed by atoms with van der Waals surface area (Å²) in [4.78, 5) is 2.30. The number of hydrogen-bond acceptors (Lipinski definition) is 2. The molecule has 0 radical (unpaired) electrons. The van der Waals surface area contributed by atoms with E-state index in [1.165, 1.54) is 11.6 Å². The standard InChI is InChI=1S/C17H19FN2/c18-16-9-5-4-8-14(16)15-11-20(12-17(15)19)10-13-6-2-1-3-7-13/h1-9,15,17H,10-12,19H2/t15-,17+/m0/s1. The largest absolute Gasteiger partial charge is 0.326 e. The zero-order chi connectivity index (χ0) is 13.9. The Bertz CT molecular complexity index is 570. The lowest BCUT2D eigenvalue weighted by Crippen LogP contribution is -2.29. The van der Waals surface area contributed by atoms with E-state index in [9.17, 15) is 4.39 Å². The van der Waals surface area contributed by atoms with Crippen molar-refractivity contribution < 1.29 is 4.39 Å². The van der Waals surface area contributed by atoms with E-state index < -0.39 is 0 Å². The van der Waals surface area contributed by atoms with Gasteiger partial charge in [0.05, 0.1) is 0 Å². The van der Waals surface area contributed by atoms with Crippen LogP contribution in [0.15, 0.2) is 54.6 Å². The third-order valence-electron chi connectivity index (χ3n) is 3.99. The van der Waals surface area contributed by atoms with Gasteiger partial charge in [-0.25, -0.2) is 4.39 Å². The maximum atomic E-state index is 13.9. The third kappa shape index (κ3) is 2.74. The molecule has 0 spiro atoms. The number of nitrogens with zero attached hydrogens (tertiary/aromatic N) is 1. The number of nitrogens with two attached hydrogens (primary N) is 1. The molecule has 0 saturated carbocycles. The molecule has 2 aromatic carbocycles. The lowest BCUT2D eigenvalue weighted by molar-refractivity contribution is 0.323. The monoisotopic (exact) mass is 270 g/mol. The first-order valence-corrected chi connectivity index (χ1v) is 7.00. The first-order chi connectivity index (χ1) is 9.74. The normalized spacial score (nSPS) is 23.1. The Morgan fingerprint density at radius 2 is 1.70 bits per heavy atom. The Hall–Kier alpha value is -1.71. The van der Waals surface area contributed by atoms with E-state index in [1.807, 2.05) is 30.3 Å². The number of benzene rings is 2. The summed E-state index contributed by atoms with van der Waals surface area (Å²) < 4.78 is 13.9. The highest BCUT2D eigenvalue weighted by Crippen LogP contribution is 2.29. The molecule has 0 aliphatic carbocycles. The molecule has 0 aromatic heterocycles. The Morgan fingerprint density at radius 3 is 2.45 bits per heavy atom. The Morgan fingerprint density at radius 1 is 1.00 bits per heavy atom. The van der Waals surface area contributed by atoms with Gasteiger partial charge in [-0.1, -0.05) is 48.5 Å². The van der Waals surface area contributed by atoms with Gasteiger partial charge in [0.1, 0.15) is 5.82 Å². The summed E-state index contributed by atoms with van der Waals surface area (Å²) in [6, 6.07) is 17.3. The summed E-state index contributed by atoms with van der Waals surface area (Å²) in [5.74, 6) is -0.0607. The molecule has 0 amide bonds. The first-order valence-electron chi connectivity index (χ1n) is 7.00. The Labute approximate surface area is 119 Å². The summed E-state index contributed by atoms with van der Waals surface area (Å²) in [5.41, 5.74) is 8.23. The molecular weight excluding hydrogens is 251 g/mol. The van der Waals surface area contributed by atoms with E-state index in [0.717, 1.165) is 25.2 Å². The SMILES string of the molecule is N[C@@H]1CN(Cc2ccccc2)C[C@H]1c1ccccc1F. The van der Waals surface area contributed by atoms with Crippen LogP contribution in [0, 0.1) is 5.82 Å². The molecule has 1 aliphatic heterocycles. The molecule has 3 rings (SSSR count). The maximum Gasteiger partial charge on any atom is 0.126 e. The molecule has 1 aliphatic rings. The predicted octanol–water partition coefficient (Wildman–Crippen LogP) is 2.75. The highest BCUT2D eigenvalue weighted by atomic mass is 19.1. The van der Waals surface area contributed by atoms with Gasteiger partial charge >= 0.3 is 0 Å². The minimum Gasteiger partial charge on any atom is -0.326 e. The first kappa shape index (κ1) is 13.3. The fourth-order valence-electron chi connectivity index (χ4n) is 2.99. The molecular formula is C17H19FN2. The van der Waals surface area contributed by atoms with Crippen LogP contribution in [-0.4, -0.2) is 24.0 Å². The van der Waals surface area contributed by atoms with Crippen molar-refractivity contribution in [2.24, 2.45) is 5.73 Å². The van der Waals surface area contributed by atoms with Crippen LogP contribution in [0.2, 0.25) is 0 Å². The van der Waals surface area contributed by atoms with Crippen LogP contribution < -0.4 is 5.73 Å². The van der Waals surface area contributed by atoms with Crippen LogP contribution in [0.4, 0.5) is 4.39 Å². The van der Waals surface area contributed by atoms with Gasteiger partial charge in [-0.05, 0) is 17.2 Å². The summed E-state index contributed by atoms with van der Waals surface area (Å²) >= 11 is 0. The van der Waals surface area contributed by atoms with Crippen molar-refractivity contribution in [1.82, 2.24) is 4.90 Å². The summed E-state index contributed by atoms with van der Waals surface area (Å²) in [5, 5.41) is 0. The van der Waals surface area contributed by atoms with Crippen molar-refractivity contribution >= 4 is 0 Å². The summed E-state index contributed by atoms with van der Waals surface area (Å²) in [6.07, 6.45) is 0. The fourth-order valence-corrected chi connectivity index (χ4v) is 2.99. The van der Waals surface area contributed by atoms with Crippen molar-refractivity contribution in [2.75, 3.05) is 13.1 Å². The molecule has 0 unspecified atom stereocenters. The van der Waals surface area contributed by atoms with E-state index in [2.05, 4.69) is 17.0 Å². The van der Waals surface area contributed by atoms with Crippen molar-refractivity contribution in [3.63, 3.8) is 0 Å². The zero-order valence-corrected chi connectivity index (χ0v) is 11.4. The smallest absolute Gasteiger partial charge is 0.126 e. The average molecular weight is 270 g/mol. The van der Waals surface area contributed by atoms with Crippen molar-refractivity contribution in [3.05, 3.63) is 71.5 Å². The second kappa shape index (κ2) is 5.73. The van der Waals surface area contributed by atoms with Gasteiger partial charge in [-0.3, -0.25) is 4.90 Å². The number of likely N-dealkylation sites (tertiary alicyclic amines) is 1. The second-order valence-electron chi connectivity index (χ2n) is 5.47. The van der Waals surface area contributed by atoms with Gasteiger partial charge in [0, 0.05) is 31.6 Å². The van der Waals surface area contributed by atoms with Gasteiger partial charge in [-0.15, -0.1) is 0 Å². The van der Waals surface area contributed by atoms with E-state index in [-0.39, 0.29) is 17.8 Å². The molecule has 2 N–H and O–H groups in total. The van der Waals surface area contributed by atoms with Crippen LogP contribution in [0.5, 0.6) is 0 Å². The van der Waals surface area contributed by atoms with Crippen LogP contribution in [0.3, 0.4) is 0 Å². The molecule has 104 valence electrons. The molecule has 2 aromatic rings. The highest BCUT2D eigenvalue weighted by molar-refractivity contribution is 5.26. The van der Waals surface area contributed by atoms with Crippen LogP contribution in [0.25, 0.3) is 0 Å². The molecule has 1 fully saturated rings. The van der Waals surface area contributed by atoms with Crippen LogP contribution >= 0.6 is 0 Å². The quantitative estimate of drug-likeness (QED) is 0.929. The summed E-state index contributed by atoms with van der Waals surface area (Å²) in [7, 11) is 0. The van der Waals surface area contributed by atoms with E-state index in [0.29, 0.717) is 0 Å². The molecule has 2 nitrogen and oxygen atoms in total. The van der Waals surface area contributed by atoms with Crippen molar-refractivity contribution in [3.8, 4) is 0 Å². The number of rotatable bonds is 3. The van der Waals surface area contributed by atoms with E-state index >= 15 is 0 Å². The van der Waals surface area contributed by atoms with E-state index in [4.69, 9.17) is 5.73 Å². The molecule has 0 bridgehead atoms. The van der Waals surface area contributed by atoms with E-state index in [1.54, 1.807) is 6.07 Å². The van der Waals surface area contributed by atoms with Gasteiger partial charge in [-0.2, -0.15) is 0 Å². The van der Waals surface area contributed by atoms with Gasteiger partial charge in [0.25, 0.3) is 0 Å². The van der Waals surface area contributed by atoms with Crippen molar-refractivity contribution in [2.45, 2.75) is 18.5 Å². The fraction of sp³-hybridized carbons (Fsp3) is 0.294. The van der Waals surface area contributed by atoms with Gasteiger partial charge < -0.3 is 5.73 Å². The minimum atomic E-state index is -0.144. The molecule has 1 saturated heterocycles. The number of hydrogen-bond donors (Lipinski definition) is 1. The summed E-state index contributed by atoms with van der Waals surface area (Å²) in [6.45, 7) is 2.50. The van der Waals surface area contributed by atoms with Crippen molar-refractivity contribution in [1.29, 1.82) is 0 Å². The minimum absolute atomic E-state index is 0.00406. The van der Waals surface area contributed by atoms with Crippen LogP contribution in [0.1, 0.15) is 17.0 Å². The number of halogens is 1. The molecule has 3 heteroatoms. The lowest BCUT2D eigenvalue weighted by Gasteiger charge is -2.16. The topological polar surface area (TPSA) is 29.3 Å². The average Bonchev–Trinajstić information content (AvgIpc) is 2.81. The molecule has 1 heterocycles. The molecule has 20 heavy (non-hydrogen) atoms. The zero-order valence-electron chi connectivity index (χ0n) is 11.4. The Kier molecular flexibility index (Phi) is 3.81.